The number of carbonyl (C=O) groups is 1. The molecule has 0 aromatic heterocycles. The number of nitrogens with two attached hydrogens (primary N) is 2. The molecule has 4 heteroatoms. The summed E-state index contributed by atoms with van der Waals surface area (Å²) in [4.78, 5) is 10.6. The molecule has 4 nitrogen and oxygen atoms in total. The van der Waals surface area contributed by atoms with Crippen LogP contribution in [0.1, 0.15) is 12.8 Å². The molecule has 4 N–H and O–H groups in total. The van der Waals surface area contributed by atoms with Gasteiger partial charge in [0.15, 0.2) is 0 Å². The van der Waals surface area contributed by atoms with Crippen molar-refractivity contribution in [1.29, 1.82) is 0 Å². The molecule has 0 radical (unpaired) electrons. The second-order valence-corrected chi connectivity index (χ2v) is 3.03. The minimum Gasteiger partial charge on any atom is -0.369 e. The van der Waals surface area contributed by atoms with Crippen molar-refractivity contribution >= 4 is 5.91 Å². The van der Waals surface area contributed by atoms with E-state index in [1.165, 1.54) is 0 Å². The Morgan fingerprint density at radius 3 is 2.55 bits per heavy atom. The summed E-state index contributed by atoms with van der Waals surface area (Å²) in [5, 5.41) is 0. The number of primary amides is 1. The predicted molar refractivity (Wildman–Crippen MR) is 40.4 cm³/mol. The summed E-state index contributed by atoms with van der Waals surface area (Å²) >= 11 is 0. The summed E-state index contributed by atoms with van der Waals surface area (Å²) in [6.07, 6.45) is 1.33. The molecule has 0 saturated heterocycles. The molecule has 0 heterocycles. The highest BCUT2D eigenvalue weighted by Gasteiger charge is 2.36. The lowest BCUT2D eigenvalue weighted by Gasteiger charge is -2.36. The van der Waals surface area contributed by atoms with Gasteiger partial charge in [0.1, 0.15) is 6.23 Å². The van der Waals surface area contributed by atoms with Gasteiger partial charge < -0.3 is 16.2 Å². The summed E-state index contributed by atoms with van der Waals surface area (Å²) in [6.45, 7) is 0. The van der Waals surface area contributed by atoms with Crippen LogP contribution in [-0.4, -0.2) is 19.2 Å². The van der Waals surface area contributed by atoms with E-state index in [1.807, 2.05) is 0 Å². The number of ether oxygens (including phenoxy) is 1. The van der Waals surface area contributed by atoms with Gasteiger partial charge in [-0.3, -0.25) is 4.79 Å². The first kappa shape index (κ1) is 8.49. The number of hydrogen-bond donors (Lipinski definition) is 2. The van der Waals surface area contributed by atoms with Crippen molar-refractivity contribution in [2.75, 3.05) is 7.11 Å². The van der Waals surface area contributed by atoms with Gasteiger partial charge in [-0.25, -0.2) is 0 Å². The lowest BCUT2D eigenvalue weighted by Crippen LogP contribution is -2.44. The van der Waals surface area contributed by atoms with Crippen molar-refractivity contribution in [3.8, 4) is 0 Å². The first-order valence-corrected chi connectivity index (χ1v) is 3.73. The molecule has 0 aliphatic heterocycles. The largest absolute Gasteiger partial charge is 0.369 e. The van der Waals surface area contributed by atoms with Crippen LogP contribution in [0, 0.1) is 11.8 Å². The van der Waals surface area contributed by atoms with Crippen molar-refractivity contribution in [3.63, 3.8) is 0 Å². The van der Waals surface area contributed by atoms with Crippen LogP contribution >= 0.6 is 0 Å². The summed E-state index contributed by atoms with van der Waals surface area (Å²) < 4.78 is 4.91. The molecule has 0 aromatic carbocycles. The lowest BCUT2D eigenvalue weighted by molar-refractivity contribution is -0.128. The standard InChI is InChI=1S/C7H14N2O2/c1-11-7(9)5-2-4(3-5)6(8)10/h4-5,7H,2-3,9H2,1H3,(H2,8,10). The third-order valence-corrected chi connectivity index (χ3v) is 2.31. The highest BCUT2D eigenvalue weighted by molar-refractivity contribution is 5.77. The van der Waals surface area contributed by atoms with E-state index < -0.39 is 0 Å². The molecule has 1 fully saturated rings. The van der Waals surface area contributed by atoms with Gasteiger partial charge in [0.2, 0.25) is 5.91 Å². The second kappa shape index (κ2) is 3.19. The van der Waals surface area contributed by atoms with Crippen LogP contribution in [0.25, 0.3) is 0 Å². The molecule has 1 atom stereocenters. The Labute approximate surface area is 65.9 Å². The van der Waals surface area contributed by atoms with E-state index in [0.29, 0.717) is 5.92 Å². The van der Waals surface area contributed by atoms with Crippen LogP contribution in [0.15, 0.2) is 0 Å². The number of amides is 1. The van der Waals surface area contributed by atoms with Crippen molar-refractivity contribution in [2.24, 2.45) is 23.3 Å². The Balaban J connectivity index is 2.23. The van der Waals surface area contributed by atoms with E-state index in [9.17, 15) is 4.79 Å². The molecular formula is C7H14N2O2. The molecule has 0 bridgehead atoms. The van der Waals surface area contributed by atoms with E-state index in [-0.39, 0.29) is 18.1 Å². The van der Waals surface area contributed by atoms with Gasteiger partial charge in [-0.1, -0.05) is 0 Å². The van der Waals surface area contributed by atoms with E-state index in [0.717, 1.165) is 12.8 Å². The van der Waals surface area contributed by atoms with Crippen molar-refractivity contribution in [1.82, 2.24) is 0 Å². The van der Waals surface area contributed by atoms with E-state index in [1.54, 1.807) is 7.11 Å². The molecule has 1 saturated carbocycles. The van der Waals surface area contributed by atoms with Gasteiger partial charge in [0.25, 0.3) is 0 Å². The first-order chi connectivity index (χ1) is 5.15. The highest BCUT2D eigenvalue weighted by atomic mass is 16.5. The Hall–Kier alpha value is -0.610. The molecule has 1 aliphatic rings. The fraction of sp³-hybridized carbons (Fsp3) is 0.857. The lowest BCUT2D eigenvalue weighted by atomic mass is 9.73. The van der Waals surface area contributed by atoms with E-state index >= 15 is 0 Å². The second-order valence-electron chi connectivity index (χ2n) is 3.03. The van der Waals surface area contributed by atoms with Crippen LogP contribution in [0.3, 0.4) is 0 Å². The minimum atomic E-state index is -0.231. The molecule has 11 heavy (non-hydrogen) atoms. The van der Waals surface area contributed by atoms with Crippen LogP contribution in [-0.2, 0) is 9.53 Å². The fourth-order valence-corrected chi connectivity index (χ4v) is 1.35. The quantitative estimate of drug-likeness (QED) is 0.540. The maximum Gasteiger partial charge on any atom is 0.220 e. The molecule has 1 unspecified atom stereocenters. The maximum absolute atomic E-state index is 10.6. The molecule has 0 aromatic rings. The Bertz CT molecular complexity index is 155. The van der Waals surface area contributed by atoms with Crippen LogP contribution in [0.4, 0.5) is 0 Å². The van der Waals surface area contributed by atoms with Crippen molar-refractivity contribution in [3.05, 3.63) is 0 Å². The van der Waals surface area contributed by atoms with E-state index in [4.69, 9.17) is 16.2 Å². The smallest absolute Gasteiger partial charge is 0.220 e. The first-order valence-electron chi connectivity index (χ1n) is 3.73. The summed E-state index contributed by atoms with van der Waals surface area (Å²) in [5.74, 6) is 0.128. The summed E-state index contributed by atoms with van der Waals surface area (Å²) in [6, 6.07) is 0. The third-order valence-electron chi connectivity index (χ3n) is 2.31. The van der Waals surface area contributed by atoms with Crippen molar-refractivity contribution in [2.45, 2.75) is 19.1 Å². The number of rotatable bonds is 3. The minimum absolute atomic E-state index is 0.0289. The average Bonchev–Trinajstić information content (AvgIpc) is 1.83. The summed E-state index contributed by atoms with van der Waals surface area (Å²) in [7, 11) is 1.57. The van der Waals surface area contributed by atoms with Gasteiger partial charge in [0.05, 0.1) is 0 Å². The SMILES string of the molecule is COC(N)C1CC(C(N)=O)C1. The Morgan fingerprint density at radius 1 is 1.64 bits per heavy atom. The van der Waals surface area contributed by atoms with E-state index in [2.05, 4.69) is 0 Å². The zero-order valence-electron chi connectivity index (χ0n) is 6.62. The Kier molecular flexibility index (Phi) is 2.46. The van der Waals surface area contributed by atoms with Gasteiger partial charge >= 0.3 is 0 Å². The topological polar surface area (TPSA) is 78.3 Å². The third kappa shape index (κ3) is 1.70. The van der Waals surface area contributed by atoms with Gasteiger partial charge in [0, 0.05) is 13.0 Å². The van der Waals surface area contributed by atoms with Crippen LogP contribution in [0.2, 0.25) is 0 Å². The average molecular weight is 158 g/mol. The molecule has 1 rings (SSSR count). The molecule has 1 aliphatic carbocycles. The molecular weight excluding hydrogens is 144 g/mol. The van der Waals surface area contributed by atoms with Crippen molar-refractivity contribution < 1.29 is 9.53 Å². The molecule has 64 valence electrons. The fourth-order valence-electron chi connectivity index (χ4n) is 1.35. The maximum atomic E-state index is 10.6. The highest BCUT2D eigenvalue weighted by Crippen LogP contribution is 2.35. The number of carbonyl (C=O) groups excluding carboxylic acids is 1. The monoisotopic (exact) mass is 158 g/mol. The predicted octanol–water partition coefficient (Wildman–Crippen LogP) is -0.571. The van der Waals surface area contributed by atoms with Crippen LogP contribution in [0.5, 0.6) is 0 Å². The van der Waals surface area contributed by atoms with Gasteiger partial charge in [-0.05, 0) is 18.8 Å². The summed E-state index contributed by atoms with van der Waals surface area (Å²) in [5.41, 5.74) is 10.6. The molecule has 0 spiro atoms. The van der Waals surface area contributed by atoms with Crippen LogP contribution < -0.4 is 11.5 Å². The molecule has 1 amide bonds. The zero-order chi connectivity index (χ0) is 8.43. The number of hydrogen-bond acceptors (Lipinski definition) is 3. The van der Waals surface area contributed by atoms with Gasteiger partial charge in [-0.15, -0.1) is 0 Å². The normalized spacial score (nSPS) is 32.5. The van der Waals surface area contributed by atoms with Gasteiger partial charge in [-0.2, -0.15) is 0 Å². The Morgan fingerprint density at radius 2 is 2.18 bits per heavy atom. The zero-order valence-corrected chi connectivity index (χ0v) is 6.62. The number of methoxy groups -OCH3 is 1.